The van der Waals surface area contributed by atoms with Gasteiger partial charge in [0, 0.05) is 25.9 Å². The molecule has 0 aromatic heterocycles. The first-order chi connectivity index (χ1) is 20.9. The number of hydrogen-bond donors (Lipinski definition) is 3. The number of carbonyl (C=O) groups is 5. The van der Waals surface area contributed by atoms with Crippen molar-refractivity contribution in [2.24, 2.45) is 5.92 Å². The number of aldehydes is 1. The Bertz CT molecular complexity index is 1420. The molecule has 0 spiro atoms. The first-order valence-corrected chi connectivity index (χ1v) is 14.8. The van der Waals surface area contributed by atoms with Gasteiger partial charge in [-0.05, 0) is 41.2 Å². The molecule has 3 aromatic rings. The van der Waals surface area contributed by atoms with Crippen molar-refractivity contribution in [2.75, 3.05) is 13.7 Å². The highest BCUT2D eigenvalue weighted by Gasteiger charge is 2.31. The second kappa shape index (κ2) is 15.7. The summed E-state index contributed by atoms with van der Waals surface area (Å²) in [6.07, 6.45) is 4.05. The molecule has 0 aliphatic heterocycles. The molecule has 0 bridgehead atoms. The number of rotatable bonds is 14. The number of fused-ring (bicyclic) bond motifs is 1. The Hall–Kier alpha value is -4.37. The number of benzene rings is 3. The number of methoxy groups -OCH3 is 1. The molecule has 3 aromatic carbocycles. The summed E-state index contributed by atoms with van der Waals surface area (Å²) in [5, 5.41) is 10.2. The highest BCUT2D eigenvalue weighted by atomic mass is 16.5. The summed E-state index contributed by atoms with van der Waals surface area (Å²) in [4.78, 5) is 64.1. The normalized spacial score (nSPS) is 17.0. The van der Waals surface area contributed by atoms with Crippen molar-refractivity contribution in [1.82, 2.24) is 16.0 Å². The van der Waals surface area contributed by atoms with Crippen molar-refractivity contribution in [3.8, 4) is 0 Å². The molecule has 0 heterocycles. The molecular formula is C34H39N3O6. The average molecular weight is 586 g/mol. The van der Waals surface area contributed by atoms with Crippen LogP contribution in [-0.2, 0) is 41.6 Å². The largest absolute Gasteiger partial charge is 0.382 e. The summed E-state index contributed by atoms with van der Waals surface area (Å²) < 4.78 is 5.22. The Balaban J connectivity index is 1.49. The van der Waals surface area contributed by atoms with Crippen molar-refractivity contribution in [3.05, 3.63) is 83.9 Å². The maximum atomic E-state index is 13.7. The SMILES string of the molecule is COC[C@H](NC(=O)[C@H](Cc1cccc2ccccc12)NC(=O)Cc1ccccc1)C(=O)N[C@H](C=O)C[C@@H]1CCCCC1=O. The van der Waals surface area contributed by atoms with Crippen LogP contribution in [0.25, 0.3) is 10.8 Å². The molecule has 4 atom stereocenters. The number of carbonyl (C=O) groups excluding carboxylic acids is 5. The van der Waals surface area contributed by atoms with Gasteiger partial charge >= 0.3 is 0 Å². The Kier molecular flexibility index (Phi) is 11.6. The van der Waals surface area contributed by atoms with Crippen LogP contribution in [0.5, 0.6) is 0 Å². The third-order valence-corrected chi connectivity index (χ3v) is 7.84. The van der Waals surface area contributed by atoms with Crippen LogP contribution in [0.2, 0.25) is 0 Å². The number of Topliss-reactive ketones (excluding diaryl/α,β-unsaturated/α-hetero) is 1. The Labute approximate surface area is 251 Å². The van der Waals surface area contributed by atoms with E-state index in [2.05, 4.69) is 16.0 Å². The summed E-state index contributed by atoms with van der Waals surface area (Å²) in [6, 6.07) is 19.8. The van der Waals surface area contributed by atoms with Gasteiger partial charge in [0.05, 0.1) is 19.1 Å². The van der Waals surface area contributed by atoms with E-state index in [4.69, 9.17) is 4.74 Å². The lowest BCUT2D eigenvalue weighted by Gasteiger charge is -2.26. The van der Waals surface area contributed by atoms with Gasteiger partial charge in [-0.2, -0.15) is 0 Å². The first-order valence-electron chi connectivity index (χ1n) is 14.8. The number of ketones is 1. The minimum atomic E-state index is -1.12. The zero-order valence-electron chi connectivity index (χ0n) is 24.4. The van der Waals surface area contributed by atoms with E-state index in [0.717, 1.165) is 34.7 Å². The lowest BCUT2D eigenvalue weighted by molar-refractivity contribution is -0.134. The molecule has 0 saturated heterocycles. The van der Waals surface area contributed by atoms with E-state index in [9.17, 15) is 24.0 Å². The van der Waals surface area contributed by atoms with Gasteiger partial charge in [0.1, 0.15) is 24.2 Å². The van der Waals surface area contributed by atoms with E-state index in [0.29, 0.717) is 19.1 Å². The van der Waals surface area contributed by atoms with E-state index in [-0.39, 0.29) is 43.5 Å². The van der Waals surface area contributed by atoms with E-state index < -0.39 is 29.9 Å². The smallest absolute Gasteiger partial charge is 0.245 e. The summed E-state index contributed by atoms with van der Waals surface area (Å²) in [5.41, 5.74) is 1.67. The third-order valence-electron chi connectivity index (χ3n) is 7.84. The van der Waals surface area contributed by atoms with Gasteiger partial charge in [-0.25, -0.2) is 0 Å². The van der Waals surface area contributed by atoms with Crippen LogP contribution in [0.15, 0.2) is 72.8 Å². The molecular weight excluding hydrogens is 546 g/mol. The summed E-state index contributed by atoms with van der Waals surface area (Å²) in [6.45, 7) is -0.148. The lowest BCUT2D eigenvalue weighted by atomic mass is 9.84. The first kappa shape index (κ1) is 31.6. The molecule has 226 valence electrons. The molecule has 1 aliphatic carbocycles. The quantitative estimate of drug-likeness (QED) is 0.249. The molecule has 3 N–H and O–H groups in total. The lowest BCUT2D eigenvalue weighted by Crippen LogP contribution is -2.57. The van der Waals surface area contributed by atoms with Crippen LogP contribution in [0.4, 0.5) is 0 Å². The molecule has 3 amide bonds. The van der Waals surface area contributed by atoms with Crippen LogP contribution in [0.3, 0.4) is 0 Å². The van der Waals surface area contributed by atoms with Crippen LogP contribution >= 0.6 is 0 Å². The number of nitrogens with one attached hydrogen (secondary N) is 3. The van der Waals surface area contributed by atoms with Gasteiger partial charge in [-0.15, -0.1) is 0 Å². The number of ether oxygens (including phenoxy) is 1. The fourth-order valence-electron chi connectivity index (χ4n) is 5.59. The van der Waals surface area contributed by atoms with Crippen LogP contribution < -0.4 is 16.0 Å². The van der Waals surface area contributed by atoms with Crippen molar-refractivity contribution < 1.29 is 28.7 Å². The fraction of sp³-hybridized carbons (Fsp3) is 0.382. The van der Waals surface area contributed by atoms with Gasteiger partial charge in [0.15, 0.2) is 0 Å². The fourth-order valence-corrected chi connectivity index (χ4v) is 5.59. The molecule has 0 radical (unpaired) electrons. The van der Waals surface area contributed by atoms with Gasteiger partial charge < -0.3 is 25.5 Å². The van der Waals surface area contributed by atoms with Crippen LogP contribution in [-0.4, -0.2) is 61.6 Å². The minimum absolute atomic E-state index is 0.0864. The average Bonchev–Trinajstić information content (AvgIpc) is 3.01. The van der Waals surface area contributed by atoms with Crippen molar-refractivity contribution in [1.29, 1.82) is 0 Å². The van der Waals surface area contributed by atoms with Gasteiger partial charge in [0.2, 0.25) is 17.7 Å². The van der Waals surface area contributed by atoms with Gasteiger partial charge in [-0.3, -0.25) is 19.2 Å². The van der Waals surface area contributed by atoms with Gasteiger partial charge in [0.25, 0.3) is 0 Å². The Morgan fingerprint density at radius 3 is 2.35 bits per heavy atom. The second-order valence-electron chi connectivity index (χ2n) is 11.0. The predicted molar refractivity (Wildman–Crippen MR) is 163 cm³/mol. The van der Waals surface area contributed by atoms with Gasteiger partial charge in [-0.1, -0.05) is 79.2 Å². The van der Waals surface area contributed by atoms with Crippen molar-refractivity contribution >= 4 is 40.6 Å². The molecule has 4 rings (SSSR count). The number of hydrogen-bond acceptors (Lipinski definition) is 6. The van der Waals surface area contributed by atoms with E-state index in [1.54, 1.807) is 0 Å². The molecule has 9 heteroatoms. The Morgan fingerprint density at radius 1 is 0.884 bits per heavy atom. The highest BCUT2D eigenvalue weighted by molar-refractivity contribution is 5.94. The molecule has 1 saturated carbocycles. The third kappa shape index (κ3) is 9.06. The van der Waals surface area contributed by atoms with Crippen molar-refractivity contribution in [2.45, 2.75) is 63.1 Å². The van der Waals surface area contributed by atoms with Crippen LogP contribution in [0, 0.1) is 5.92 Å². The summed E-state index contributed by atoms with van der Waals surface area (Å²) in [5.74, 6) is -1.66. The monoisotopic (exact) mass is 585 g/mol. The minimum Gasteiger partial charge on any atom is -0.382 e. The predicted octanol–water partition coefficient (Wildman–Crippen LogP) is 3.07. The molecule has 1 fully saturated rings. The highest BCUT2D eigenvalue weighted by Crippen LogP contribution is 2.24. The number of amides is 3. The Morgan fingerprint density at radius 2 is 1.60 bits per heavy atom. The van der Waals surface area contributed by atoms with Crippen molar-refractivity contribution in [3.63, 3.8) is 0 Å². The topological polar surface area (TPSA) is 131 Å². The summed E-state index contributed by atoms with van der Waals surface area (Å²) >= 11 is 0. The second-order valence-corrected chi connectivity index (χ2v) is 11.0. The van der Waals surface area contributed by atoms with E-state index >= 15 is 0 Å². The molecule has 9 nitrogen and oxygen atoms in total. The molecule has 0 unspecified atom stereocenters. The maximum Gasteiger partial charge on any atom is 0.245 e. The zero-order chi connectivity index (χ0) is 30.6. The maximum absolute atomic E-state index is 13.7. The zero-order valence-corrected chi connectivity index (χ0v) is 24.4. The summed E-state index contributed by atoms with van der Waals surface area (Å²) in [7, 11) is 1.40. The molecule has 43 heavy (non-hydrogen) atoms. The standard InChI is InChI=1S/C34H39N3O6/c1-43-22-30(34(42)35-27(21-38)19-26-13-6-8-17-31(26)39)37-33(41)29(36-32(40)18-23-10-3-2-4-11-23)20-25-15-9-14-24-12-5-7-16-28(24)25/h2-5,7,9-12,14-16,21,26-27,29-30H,6,8,13,17-20,22H2,1H3,(H,35,42)(H,36,40)(H,37,41)/t26-,27-,29-,30-/m0/s1. The van der Waals surface area contributed by atoms with E-state index in [1.807, 2.05) is 72.8 Å². The van der Waals surface area contributed by atoms with Crippen LogP contribution in [0.1, 0.15) is 43.2 Å². The molecule has 1 aliphatic rings. The van der Waals surface area contributed by atoms with E-state index in [1.165, 1.54) is 7.11 Å².